The van der Waals surface area contributed by atoms with E-state index in [0.29, 0.717) is 0 Å². The molecule has 7 heteroatoms. The zero-order valence-electron chi connectivity index (χ0n) is 15.2. The highest BCUT2D eigenvalue weighted by molar-refractivity contribution is 7.80. The summed E-state index contributed by atoms with van der Waals surface area (Å²) in [5.74, 6) is -0.858. The lowest BCUT2D eigenvalue weighted by Crippen LogP contribution is -2.52. The second-order valence-electron chi connectivity index (χ2n) is 6.83. The summed E-state index contributed by atoms with van der Waals surface area (Å²) in [6.07, 6.45) is 2.52. The van der Waals surface area contributed by atoms with Crippen LogP contribution in [0.15, 0.2) is 48.0 Å². The van der Waals surface area contributed by atoms with Gasteiger partial charge >= 0.3 is 0 Å². The average Bonchev–Trinajstić information content (AvgIpc) is 3.07. The van der Waals surface area contributed by atoms with E-state index in [0.717, 1.165) is 41.3 Å². The summed E-state index contributed by atoms with van der Waals surface area (Å²) in [5.41, 5.74) is 4.33. The molecule has 4 rings (SSSR count). The maximum absolute atomic E-state index is 12.4. The van der Waals surface area contributed by atoms with E-state index in [-0.39, 0.29) is 10.7 Å². The molecular formula is C21H18ClN3O2S. The van der Waals surface area contributed by atoms with Gasteiger partial charge in [0.2, 0.25) is 0 Å². The van der Waals surface area contributed by atoms with Crippen LogP contribution in [0.1, 0.15) is 16.7 Å². The number of hydrogen-bond acceptors (Lipinski definition) is 4. The second kappa shape index (κ2) is 7.37. The standard InChI is InChI=1S/C21H18ClN3O2S/c1-24-20(27)16(19(26)23-21(24)28)11-13-6-7-18-14(10-13)8-9-25(18)12-15-4-2-3-5-17(15)22/h2-7,10-11H,8-9,12H2,1H3,(H,23,26,28)/b16-11-. The Morgan fingerprint density at radius 3 is 2.79 bits per heavy atom. The third-order valence-corrected chi connectivity index (χ3v) is 5.77. The Morgan fingerprint density at radius 2 is 2.00 bits per heavy atom. The molecule has 0 aliphatic carbocycles. The molecule has 28 heavy (non-hydrogen) atoms. The van der Waals surface area contributed by atoms with Gasteiger partial charge in [0, 0.05) is 30.8 Å². The summed E-state index contributed by atoms with van der Waals surface area (Å²) in [6.45, 7) is 1.65. The highest BCUT2D eigenvalue weighted by Gasteiger charge is 2.31. The number of hydrogen-bond donors (Lipinski definition) is 1. The number of halogens is 1. The molecular weight excluding hydrogens is 394 g/mol. The first kappa shape index (κ1) is 18.7. The number of carbonyl (C=O) groups excluding carboxylic acids is 2. The summed E-state index contributed by atoms with van der Waals surface area (Å²) < 4.78 is 0. The smallest absolute Gasteiger partial charge is 0.265 e. The predicted octanol–water partition coefficient (Wildman–Crippen LogP) is 3.16. The van der Waals surface area contributed by atoms with Crippen LogP contribution in [-0.4, -0.2) is 35.4 Å². The molecule has 2 amide bonds. The summed E-state index contributed by atoms with van der Waals surface area (Å²) in [7, 11) is 1.55. The zero-order chi connectivity index (χ0) is 19.8. The van der Waals surface area contributed by atoms with E-state index in [2.05, 4.69) is 10.2 Å². The van der Waals surface area contributed by atoms with Crippen molar-refractivity contribution in [2.45, 2.75) is 13.0 Å². The fraction of sp³-hybridized carbons (Fsp3) is 0.190. The fourth-order valence-electron chi connectivity index (χ4n) is 3.49. The van der Waals surface area contributed by atoms with Crippen LogP contribution in [0, 0.1) is 0 Å². The Morgan fingerprint density at radius 1 is 1.21 bits per heavy atom. The van der Waals surface area contributed by atoms with Crippen LogP contribution >= 0.6 is 23.8 Å². The first-order valence-corrected chi connectivity index (χ1v) is 9.69. The Balaban J connectivity index is 1.59. The Labute approximate surface area is 173 Å². The van der Waals surface area contributed by atoms with Crippen molar-refractivity contribution in [1.29, 1.82) is 0 Å². The van der Waals surface area contributed by atoms with Crippen LogP contribution in [0.5, 0.6) is 0 Å². The summed E-state index contributed by atoms with van der Waals surface area (Å²) in [4.78, 5) is 28.1. The Bertz CT molecular complexity index is 1030. The summed E-state index contributed by atoms with van der Waals surface area (Å²) in [6, 6.07) is 13.8. The molecule has 0 unspecified atom stereocenters. The normalized spacial score (nSPS) is 17.9. The molecule has 1 N–H and O–H groups in total. The minimum Gasteiger partial charge on any atom is -0.367 e. The van der Waals surface area contributed by atoms with Gasteiger partial charge in [-0.15, -0.1) is 0 Å². The van der Waals surface area contributed by atoms with Crippen molar-refractivity contribution in [2.75, 3.05) is 18.5 Å². The van der Waals surface area contributed by atoms with Gasteiger partial charge in [0.25, 0.3) is 11.8 Å². The van der Waals surface area contributed by atoms with Gasteiger partial charge in [-0.3, -0.25) is 19.8 Å². The third-order valence-electron chi connectivity index (χ3n) is 5.03. The number of benzene rings is 2. The van der Waals surface area contributed by atoms with Crippen molar-refractivity contribution >= 4 is 52.5 Å². The third kappa shape index (κ3) is 3.41. The quantitative estimate of drug-likeness (QED) is 0.479. The number of likely N-dealkylation sites (N-methyl/N-ethyl adjacent to an activating group) is 1. The first-order valence-electron chi connectivity index (χ1n) is 8.90. The van der Waals surface area contributed by atoms with Crippen molar-refractivity contribution in [3.8, 4) is 0 Å². The molecule has 2 aromatic carbocycles. The molecule has 2 aliphatic heterocycles. The van der Waals surface area contributed by atoms with Gasteiger partial charge in [0.15, 0.2) is 5.11 Å². The summed E-state index contributed by atoms with van der Waals surface area (Å²) in [5, 5.41) is 3.42. The van der Waals surface area contributed by atoms with Crippen molar-refractivity contribution in [1.82, 2.24) is 10.2 Å². The predicted molar refractivity (Wildman–Crippen MR) is 114 cm³/mol. The van der Waals surface area contributed by atoms with Crippen LogP contribution in [0.2, 0.25) is 5.02 Å². The molecule has 2 heterocycles. The maximum atomic E-state index is 12.4. The lowest BCUT2D eigenvalue weighted by atomic mass is 10.0. The molecule has 0 radical (unpaired) electrons. The Hall–Kier alpha value is -2.70. The van der Waals surface area contributed by atoms with E-state index in [1.54, 1.807) is 13.1 Å². The minimum absolute atomic E-state index is 0.0852. The van der Waals surface area contributed by atoms with E-state index in [1.165, 1.54) is 10.5 Å². The first-order chi connectivity index (χ1) is 13.4. The molecule has 1 saturated heterocycles. The Kier molecular flexibility index (Phi) is 4.91. The number of amides is 2. The number of anilines is 1. The molecule has 0 saturated carbocycles. The highest BCUT2D eigenvalue weighted by atomic mass is 35.5. The number of nitrogens with zero attached hydrogens (tertiary/aromatic N) is 2. The molecule has 142 valence electrons. The molecule has 0 aromatic heterocycles. The van der Waals surface area contributed by atoms with Crippen LogP contribution in [-0.2, 0) is 22.6 Å². The van der Waals surface area contributed by atoms with Crippen LogP contribution in [0.25, 0.3) is 6.08 Å². The van der Waals surface area contributed by atoms with E-state index < -0.39 is 11.8 Å². The minimum atomic E-state index is -0.464. The van der Waals surface area contributed by atoms with E-state index in [4.69, 9.17) is 23.8 Å². The van der Waals surface area contributed by atoms with Gasteiger partial charge in [-0.1, -0.05) is 35.9 Å². The van der Waals surface area contributed by atoms with Gasteiger partial charge in [-0.25, -0.2) is 0 Å². The van der Waals surface area contributed by atoms with E-state index in [1.807, 2.05) is 42.5 Å². The van der Waals surface area contributed by atoms with Crippen molar-refractivity contribution in [3.63, 3.8) is 0 Å². The van der Waals surface area contributed by atoms with Crippen molar-refractivity contribution in [2.24, 2.45) is 0 Å². The SMILES string of the molecule is CN1C(=O)/C(=C\c2ccc3c(c2)CCN3Cc2ccccc2Cl)C(=O)NC1=S. The molecule has 1 fully saturated rings. The lowest BCUT2D eigenvalue weighted by Gasteiger charge is -2.25. The molecule has 0 atom stereocenters. The van der Waals surface area contributed by atoms with Crippen molar-refractivity contribution < 1.29 is 9.59 Å². The molecule has 5 nitrogen and oxygen atoms in total. The lowest BCUT2D eigenvalue weighted by molar-refractivity contribution is -0.128. The largest absolute Gasteiger partial charge is 0.367 e. The fourth-order valence-corrected chi connectivity index (χ4v) is 3.86. The zero-order valence-corrected chi connectivity index (χ0v) is 16.8. The van der Waals surface area contributed by atoms with Crippen LogP contribution in [0.3, 0.4) is 0 Å². The van der Waals surface area contributed by atoms with E-state index in [9.17, 15) is 9.59 Å². The molecule has 2 aliphatic rings. The maximum Gasteiger partial charge on any atom is 0.265 e. The number of fused-ring (bicyclic) bond motifs is 1. The average molecular weight is 412 g/mol. The van der Waals surface area contributed by atoms with Gasteiger partial charge in [-0.05, 0) is 59.6 Å². The van der Waals surface area contributed by atoms with Gasteiger partial charge in [-0.2, -0.15) is 0 Å². The molecule has 0 spiro atoms. The van der Waals surface area contributed by atoms with Crippen LogP contribution in [0.4, 0.5) is 5.69 Å². The number of thiocarbonyl (C=S) groups is 1. The summed E-state index contributed by atoms with van der Waals surface area (Å²) >= 11 is 11.3. The van der Waals surface area contributed by atoms with Gasteiger partial charge in [0.05, 0.1) is 0 Å². The van der Waals surface area contributed by atoms with Crippen molar-refractivity contribution in [3.05, 3.63) is 69.8 Å². The highest BCUT2D eigenvalue weighted by Crippen LogP contribution is 2.32. The van der Waals surface area contributed by atoms with Gasteiger partial charge < -0.3 is 4.90 Å². The van der Waals surface area contributed by atoms with E-state index >= 15 is 0 Å². The molecule has 0 bridgehead atoms. The number of nitrogens with one attached hydrogen (secondary N) is 1. The molecule has 2 aromatic rings. The number of carbonyl (C=O) groups is 2. The van der Waals surface area contributed by atoms with Gasteiger partial charge in [0.1, 0.15) is 5.57 Å². The van der Waals surface area contributed by atoms with Crippen LogP contribution < -0.4 is 10.2 Å². The number of rotatable bonds is 3. The monoisotopic (exact) mass is 411 g/mol. The topological polar surface area (TPSA) is 52.7 Å². The second-order valence-corrected chi connectivity index (χ2v) is 7.63.